The monoisotopic (exact) mass is 911 g/mol. The highest BCUT2D eigenvalue weighted by molar-refractivity contribution is 6.17. The second kappa shape index (κ2) is 16.0. The fourth-order valence-electron chi connectivity index (χ4n) is 10.8. The first-order chi connectivity index (χ1) is 35.1. The average molecular weight is 912 g/mol. The van der Waals surface area contributed by atoms with E-state index in [1.807, 2.05) is 61.5 Å². The zero-order valence-electron chi connectivity index (χ0n) is 38.5. The molecule has 0 fully saturated rings. The first kappa shape index (κ1) is 40.5. The summed E-state index contributed by atoms with van der Waals surface area (Å²) in [5, 5.41) is 8.50. The highest BCUT2D eigenvalue weighted by Gasteiger charge is 2.23. The third kappa shape index (κ3) is 6.26. The average Bonchev–Trinajstić information content (AvgIpc) is 4.19. The molecule has 0 aliphatic rings. The molecule has 5 heterocycles. The molecule has 0 N–H and O–H groups in total. The summed E-state index contributed by atoms with van der Waals surface area (Å²) in [7, 11) is 0. The van der Waals surface area contributed by atoms with Gasteiger partial charge in [0.15, 0.2) is 23.1 Å². The molecular formula is C64H41N5O2. The molecule has 0 spiro atoms. The number of hydrogen-bond donors (Lipinski definition) is 0. The van der Waals surface area contributed by atoms with Crippen LogP contribution in [0.1, 0.15) is 12.7 Å². The molecular weight excluding hydrogens is 871 g/mol. The van der Waals surface area contributed by atoms with Crippen molar-refractivity contribution in [2.24, 2.45) is 0 Å². The first-order valence-electron chi connectivity index (χ1n) is 23.8. The van der Waals surface area contributed by atoms with E-state index in [-0.39, 0.29) is 0 Å². The predicted octanol–water partition coefficient (Wildman–Crippen LogP) is 14.9. The molecule has 0 bridgehead atoms. The molecule has 0 unspecified atom stereocenters. The molecule has 0 radical (unpaired) electrons. The first-order valence-corrected chi connectivity index (χ1v) is 23.8. The number of nitrogens with zero attached hydrogens (tertiary/aromatic N) is 5. The van der Waals surface area contributed by atoms with Crippen molar-refractivity contribution in [1.29, 1.82) is 0 Å². The van der Waals surface area contributed by atoms with Gasteiger partial charge in [-0.25, -0.2) is 15.0 Å². The maximum Gasteiger partial charge on any atom is 0.164 e. The molecule has 9 aromatic carbocycles. The highest BCUT2D eigenvalue weighted by Crippen LogP contribution is 2.43. The molecule has 14 rings (SSSR count). The van der Waals surface area contributed by atoms with E-state index in [1.54, 1.807) is 0 Å². The van der Waals surface area contributed by atoms with Crippen LogP contribution in [-0.4, -0.2) is 24.1 Å². The van der Waals surface area contributed by atoms with Gasteiger partial charge < -0.3 is 18.0 Å². The lowest BCUT2D eigenvalue weighted by atomic mass is 9.97. The Kier molecular flexibility index (Phi) is 9.13. The lowest BCUT2D eigenvalue weighted by Crippen LogP contribution is -2.24. The van der Waals surface area contributed by atoms with Crippen LogP contribution < -0.4 is 10.6 Å². The Labute approximate surface area is 406 Å². The molecule has 0 saturated heterocycles. The Bertz CT molecular complexity index is 4560. The molecule has 71 heavy (non-hydrogen) atoms. The van der Waals surface area contributed by atoms with Gasteiger partial charge >= 0.3 is 0 Å². The molecule has 0 aliphatic carbocycles. The van der Waals surface area contributed by atoms with Gasteiger partial charge in [0.2, 0.25) is 0 Å². The van der Waals surface area contributed by atoms with Gasteiger partial charge in [0.25, 0.3) is 0 Å². The Morgan fingerprint density at radius 3 is 1.73 bits per heavy atom. The molecule has 0 atom stereocenters. The summed E-state index contributed by atoms with van der Waals surface area (Å²) < 4.78 is 18.2. The zero-order chi connectivity index (χ0) is 47.2. The van der Waals surface area contributed by atoms with E-state index in [0.29, 0.717) is 22.9 Å². The minimum Gasteiger partial charge on any atom is -0.456 e. The van der Waals surface area contributed by atoms with Gasteiger partial charge in [-0.1, -0.05) is 146 Å². The molecule has 334 valence electrons. The normalized spacial score (nSPS) is 12.7. The summed E-state index contributed by atoms with van der Waals surface area (Å²) in [6.07, 6.45) is 3.84. The van der Waals surface area contributed by atoms with Gasteiger partial charge in [-0.2, -0.15) is 0 Å². The van der Waals surface area contributed by atoms with Crippen LogP contribution in [-0.2, 0) is 0 Å². The van der Waals surface area contributed by atoms with Crippen molar-refractivity contribution < 1.29 is 8.83 Å². The lowest BCUT2D eigenvalue weighted by Gasteiger charge is -2.12. The van der Waals surface area contributed by atoms with Crippen molar-refractivity contribution in [3.05, 3.63) is 235 Å². The van der Waals surface area contributed by atoms with E-state index in [1.165, 1.54) is 10.8 Å². The summed E-state index contributed by atoms with van der Waals surface area (Å²) in [6.45, 7) is 6.40. The van der Waals surface area contributed by atoms with E-state index in [4.69, 9.17) is 23.8 Å². The summed E-state index contributed by atoms with van der Waals surface area (Å²) in [5.41, 5.74) is 14.2. The fourth-order valence-corrected chi connectivity index (χ4v) is 10.8. The molecule has 7 nitrogen and oxygen atoms in total. The van der Waals surface area contributed by atoms with Crippen molar-refractivity contribution in [1.82, 2.24) is 24.1 Å². The van der Waals surface area contributed by atoms with Crippen molar-refractivity contribution >= 4 is 88.2 Å². The van der Waals surface area contributed by atoms with Crippen molar-refractivity contribution in [2.45, 2.75) is 6.92 Å². The van der Waals surface area contributed by atoms with Crippen LogP contribution >= 0.6 is 0 Å². The summed E-state index contributed by atoms with van der Waals surface area (Å²) in [6, 6.07) is 71.9. The summed E-state index contributed by atoms with van der Waals surface area (Å²) in [4.78, 5) is 15.7. The maximum absolute atomic E-state index is 6.89. The number of aromatic nitrogens is 5. The van der Waals surface area contributed by atoms with E-state index in [9.17, 15) is 0 Å². The van der Waals surface area contributed by atoms with Crippen LogP contribution in [0.5, 0.6) is 0 Å². The quantitative estimate of drug-likeness (QED) is 0.159. The van der Waals surface area contributed by atoms with E-state index < -0.39 is 0 Å². The number of furan rings is 2. The summed E-state index contributed by atoms with van der Waals surface area (Å²) in [5.74, 6) is 1.61. The largest absolute Gasteiger partial charge is 0.456 e. The molecule has 14 aromatic rings. The minimum absolute atomic E-state index is 0.491. The standard InChI is InChI=1S/C64H41N5O2/c1-3-43(64-66-62(39-19-7-5-8-20-39)65-63(67-64)41-31-34-54-49(38-41)47-25-13-15-27-51(47)68(54)42-21-9-6-10-22-42)59-50-37-40(32-36-58(50)70-56(59)4-2)44-33-35-55(61-60(44)48-26-14-18-30-57(48)71-61)69-52-28-16-11-23-45(52)46-24-12-17-29-53(46)69/h3-38H,1H2,2H3/b56-4+,59-43+. The van der Waals surface area contributed by atoms with E-state index >= 15 is 0 Å². The topological polar surface area (TPSA) is 74.8 Å². The fraction of sp³-hybridized carbons (Fsp3) is 0.0156. The predicted molar refractivity (Wildman–Crippen MR) is 290 cm³/mol. The van der Waals surface area contributed by atoms with Gasteiger partial charge in [0, 0.05) is 65.3 Å². The maximum atomic E-state index is 6.89. The van der Waals surface area contributed by atoms with Crippen LogP contribution in [0, 0.1) is 0 Å². The molecule has 0 amide bonds. The van der Waals surface area contributed by atoms with E-state index in [2.05, 4.69) is 180 Å². The van der Waals surface area contributed by atoms with Crippen LogP contribution in [0.15, 0.2) is 228 Å². The third-order valence-electron chi connectivity index (χ3n) is 13.9. The Balaban J connectivity index is 0.989. The van der Waals surface area contributed by atoms with Crippen LogP contribution in [0.2, 0.25) is 0 Å². The Hall–Kier alpha value is -9.59. The minimum atomic E-state index is 0.491. The number of fused-ring (bicyclic) bond motifs is 10. The smallest absolute Gasteiger partial charge is 0.164 e. The highest BCUT2D eigenvalue weighted by atomic mass is 16.3. The molecule has 7 heteroatoms. The number of para-hydroxylation sites is 5. The SMILES string of the molecule is C=C/C(c1nc(-c2ccccc2)nc(-c2ccc3c(c2)c2ccccc2n3-c2ccccc2)n1)=c1\c(=C/C)oc2ccc(-c3ccc(-n4c5ccccc5c5ccccc54)c4oc5ccccc5c34)cc12. The van der Waals surface area contributed by atoms with Crippen molar-refractivity contribution in [3.8, 4) is 45.3 Å². The van der Waals surface area contributed by atoms with Crippen LogP contribution in [0.3, 0.4) is 0 Å². The van der Waals surface area contributed by atoms with Gasteiger partial charge in [0.1, 0.15) is 16.6 Å². The van der Waals surface area contributed by atoms with Gasteiger partial charge in [-0.05, 0) is 96.9 Å². The second-order valence-electron chi connectivity index (χ2n) is 17.9. The van der Waals surface area contributed by atoms with Gasteiger partial charge in [-0.15, -0.1) is 0 Å². The van der Waals surface area contributed by atoms with Crippen molar-refractivity contribution in [2.75, 3.05) is 0 Å². The number of hydrogen-bond acceptors (Lipinski definition) is 5. The lowest BCUT2D eigenvalue weighted by molar-refractivity contribution is 0.574. The molecule has 5 aromatic heterocycles. The number of rotatable bonds is 7. The third-order valence-corrected chi connectivity index (χ3v) is 13.9. The van der Waals surface area contributed by atoms with Gasteiger partial charge in [-0.3, -0.25) is 0 Å². The number of allylic oxidation sites excluding steroid dienone is 1. The second-order valence-corrected chi connectivity index (χ2v) is 17.9. The van der Waals surface area contributed by atoms with Crippen LogP contribution in [0.25, 0.3) is 133 Å². The zero-order valence-corrected chi connectivity index (χ0v) is 38.5. The number of benzene rings is 9. The summed E-state index contributed by atoms with van der Waals surface area (Å²) >= 11 is 0. The van der Waals surface area contributed by atoms with Crippen molar-refractivity contribution in [3.63, 3.8) is 0 Å². The molecule has 0 saturated carbocycles. The molecule has 0 aliphatic heterocycles. The van der Waals surface area contributed by atoms with Gasteiger partial charge in [0.05, 0.1) is 27.8 Å². The Morgan fingerprint density at radius 2 is 1.03 bits per heavy atom. The Morgan fingerprint density at radius 1 is 0.465 bits per heavy atom. The van der Waals surface area contributed by atoms with E-state index in [0.717, 1.165) is 110 Å². The van der Waals surface area contributed by atoms with Crippen LogP contribution in [0.4, 0.5) is 0 Å².